The maximum absolute atomic E-state index is 6.47. The van der Waals surface area contributed by atoms with Crippen molar-refractivity contribution in [3.8, 4) is 5.75 Å². The summed E-state index contributed by atoms with van der Waals surface area (Å²) in [4.78, 5) is 0. The smallest absolute Gasteiger partial charge is 0.158 e. The normalized spacial score (nSPS) is 19.0. The molecule has 0 aliphatic carbocycles. The van der Waals surface area contributed by atoms with E-state index >= 15 is 0 Å². The third-order valence-corrected chi connectivity index (χ3v) is 4.87. The molecule has 4 rings (SSSR count). The fourth-order valence-corrected chi connectivity index (χ4v) is 3.57. The monoisotopic (exact) mass is 395 g/mol. The number of benzene rings is 3. The fourth-order valence-electron chi connectivity index (χ4n) is 3.19. The Bertz CT molecular complexity index is 882. The average Bonchev–Trinajstić information content (AvgIpc) is 2.68. The lowest BCUT2D eigenvalue weighted by atomic mass is 9.97. The van der Waals surface area contributed by atoms with Gasteiger partial charge in [-0.1, -0.05) is 64.5 Å². The molecule has 1 N–H and O–H groups in total. The number of rotatable bonds is 3. The average molecular weight is 396 g/mol. The van der Waals surface area contributed by atoms with Gasteiger partial charge in [0.15, 0.2) is 6.23 Å². The maximum atomic E-state index is 6.47. The van der Waals surface area contributed by atoms with Gasteiger partial charge in [-0.05, 0) is 29.8 Å². The Balaban J connectivity index is 1.80. The van der Waals surface area contributed by atoms with Gasteiger partial charge in [0, 0.05) is 21.3 Å². The van der Waals surface area contributed by atoms with Gasteiger partial charge in [-0.3, -0.25) is 0 Å². The molecule has 25 heavy (non-hydrogen) atoms. The molecule has 3 aromatic rings. The highest BCUT2D eigenvalue weighted by molar-refractivity contribution is 9.10. The first-order valence-corrected chi connectivity index (χ1v) is 8.95. The van der Waals surface area contributed by atoms with E-state index in [2.05, 4.69) is 45.5 Å². The zero-order valence-electron chi connectivity index (χ0n) is 13.8. The van der Waals surface area contributed by atoms with Crippen LogP contribution in [0, 0.1) is 0 Å². The van der Waals surface area contributed by atoms with E-state index in [1.807, 2.05) is 48.5 Å². The second-order valence-corrected chi connectivity index (χ2v) is 6.84. The van der Waals surface area contributed by atoms with Gasteiger partial charge in [0.2, 0.25) is 0 Å². The molecule has 0 amide bonds. The van der Waals surface area contributed by atoms with Crippen molar-refractivity contribution < 1.29 is 9.47 Å². The highest BCUT2D eigenvalue weighted by Crippen LogP contribution is 2.43. The summed E-state index contributed by atoms with van der Waals surface area (Å²) in [6.07, 6.45) is -0.431. The number of hydrogen-bond donors (Lipinski definition) is 1. The molecule has 0 aromatic heterocycles. The number of nitrogens with one attached hydrogen (secondary N) is 1. The fraction of sp³-hybridized carbons (Fsp3) is 0.143. The molecule has 2 atom stereocenters. The number of anilines is 1. The van der Waals surface area contributed by atoms with Crippen molar-refractivity contribution in [2.45, 2.75) is 12.3 Å². The molecule has 1 heterocycles. The van der Waals surface area contributed by atoms with Gasteiger partial charge in [-0.25, -0.2) is 0 Å². The van der Waals surface area contributed by atoms with Crippen LogP contribution in [-0.4, -0.2) is 7.11 Å². The summed E-state index contributed by atoms with van der Waals surface area (Å²) in [5.41, 5.74) is 4.30. The predicted octanol–water partition coefficient (Wildman–Crippen LogP) is 5.69. The van der Waals surface area contributed by atoms with Crippen LogP contribution in [-0.2, 0) is 4.74 Å². The number of ether oxygens (including phenoxy) is 2. The quantitative estimate of drug-likeness (QED) is 0.617. The molecule has 0 saturated carbocycles. The number of hydrogen-bond acceptors (Lipinski definition) is 3. The molecule has 4 heteroatoms. The zero-order chi connectivity index (χ0) is 17.2. The minimum absolute atomic E-state index is 0.148. The molecule has 3 aromatic carbocycles. The zero-order valence-corrected chi connectivity index (χ0v) is 15.4. The van der Waals surface area contributed by atoms with E-state index in [0.717, 1.165) is 32.6 Å². The Morgan fingerprint density at radius 2 is 1.68 bits per heavy atom. The number of fused-ring (bicyclic) bond motifs is 1. The van der Waals surface area contributed by atoms with Gasteiger partial charge in [-0.2, -0.15) is 0 Å². The topological polar surface area (TPSA) is 30.5 Å². The summed E-state index contributed by atoms with van der Waals surface area (Å²) in [5.74, 6) is 0.812. The molecule has 0 radical (unpaired) electrons. The Morgan fingerprint density at radius 1 is 0.920 bits per heavy atom. The van der Waals surface area contributed by atoms with Crippen molar-refractivity contribution in [1.82, 2.24) is 0 Å². The number of para-hydroxylation sites is 1. The lowest BCUT2D eigenvalue weighted by Crippen LogP contribution is -2.25. The molecule has 0 spiro atoms. The van der Waals surface area contributed by atoms with Crippen LogP contribution in [0.3, 0.4) is 0 Å². The minimum Gasteiger partial charge on any atom is -0.496 e. The van der Waals surface area contributed by atoms with Crippen molar-refractivity contribution in [1.29, 1.82) is 0 Å². The Morgan fingerprint density at radius 3 is 2.48 bits per heavy atom. The van der Waals surface area contributed by atoms with Crippen LogP contribution in [0.15, 0.2) is 77.3 Å². The largest absolute Gasteiger partial charge is 0.496 e. The summed E-state index contributed by atoms with van der Waals surface area (Å²) in [5, 5.41) is 3.49. The van der Waals surface area contributed by atoms with Gasteiger partial charge in [0.1, 0.15) is 11.9 Å². The molecule has 0 saturated heterocycles. The van der Waals surface area contributed by atoms with E-state index in [4.69, 9.17) is 9.47 Å². The van der Waals surface area contributed by atoms with Crippen LogP contribution >= 0.6 is 15.9 Å². The summed E-state index contributed by atoms with van der Waals surface area (Å²) in [7, 11) is 1.68. The SMILES string of the molecule is COc1ccccc1[C@H]1Nc2ccc(Br)cc2[C@@H](c2ccccc2)O1. The van der Waals surface area contributed by atoms with E-state index in [-0.39, 0.29) is 12.3 Å². The van der Waals surface area contributed by atoms with Gasteiger partial charge in [0.25, 0.3) is 0 Å². The van der Waals surface area contributed by atoms with E-state index < -0.39 is 0 Å². The molecular formula is C21H18BrNO2. The van der Waals surface area contributed by atoms with Crippen LogP contribution < -0.4 is 10.1 Å². The van der Waals surface area contributed by atoms with Crippen molar-refractivity contribution in [2.24, 2.45) is 0 Å². The molecule has 1 aliphatic heterocycles. The molecule has 0 fully saturated rings. The standard InChI is InChI=1S/C21H18BrNO2/c1-24-19-10-6-5-9-16(19)21-23-18-12-11-15(22)13-17(18)20(25-21)14-7-3-2-4-8-14/h2-13,20-21,23H,1H3/t20-,21+/m1/s1. The lowest BCUT2D eigenvalue weighted by Gasteiger charge is -2.35. The first-order chi connectivity index (χ1) is 12.3. The van der Waals surface area contributed by atoms with Gasteiger partial charge >= 0.3 is 0 Å². The number of methoxy groups -OCH3 is 1. The molecule has 3 nitrogen and oxygen atoms in total. The van der Waals surface area contributed by atoms with Crippen molar-refractivity contribution in [2.75, 3.05) is 12.4 Å². The summed E-state index contributed by atoms with van der Waals surface area (Å²) in [6.45, 7) is 0. The molecule has 0 bridgehead atoms. The van der Waals surface area contributed by atoms with E-state index in [1.165, 1.54) is 0 Å². The van der Waals surface area contributed by atoms with Crippen LogP contribution in [0.5, 0.6) is 5.75 Å². The van der Waals surface area contributed by atoms with Crippen molar-refractivity contribution in [3.05, 3.63) is 94.0 Å². The second-order valence-electron chi connectivity index (χ2n) is 5.92. The van der Waals surface area contributed by atoms with Crippen LogP contribution in [0.4, 0.5) is 5.69 Å². The third kappa shape index (κ3) is 3.15. The van der Waals surface area contributed by atoms with Gasteiger partial charge < -0.3 is 14.8 Å². The lowest BCUT2D eigenvalue weighted by molar-refractivity contribution is 0.0145. The highest BCUT2D eigenvalue weighted by Gasteiger charge is 2.30. The second kappa shape index (κ2) is 6.90. The molecule has 1 aliphatic rings. The molecule has 126 valence electrons. The van der Waals surface area contributed by atoms with E-state index in [0.29, 0.717) is 0 Å². The van der Waals surface area contributed by atoms with Crippen LogP contribution in [0.25, 0.3) is 0 Å². The Hall–Kier alpha value is -2.30. The highest BCUT2D eigenvalue weighted by atomic mass is 79.9. The van der Waals surface area contributed by atoms with Crippen LogP contribution in [0.2, 0.25) is 0 Å². The predicted molar refractivity (Wildman–Crippen MR) is 103 cm³/mol. The first-order valence-electron chi connectivity index (χ1n) is 8.15. The first kappa shape index (κ1) is 16.2. The van der Waals surface area contributed by atoms with Gasteiger partial charge in [0.05, 0.1) is 7.11 Å². The van der Waals surface area contributed by atoms with Crippen LogP contribution in [0.1, 0.15) is 29.0 Å². The third-order valence-electron chi connectivity index (χ3n) is 4.38. The van der Waals surface area contributed by atoms with Crippen molar-refractivity contribution >= 4 is 21.6 Å². The Kier molecular flexibility index (Phi) is 4.47. The molecule has 0 unspecified atom stereocenters. The maximum Gasteiger partial charge on any atom is 0.158 e. The van der Waals surface area contributed by atoms with Crippen molar-refractivity contribution in [3.63, 3.8) is 0 Å². The summed E-state index contributed by atoms with van der Waals surface area (Å²) < 4.78 is 13.0. The summed E-state index contributed by atoms with van der Waals surface area (Å²) in [6, 6.07) is 24.5. The van der Waals surface area contributed by atoms with E-state index in [9.17, 15) is 0 Å². The minimum atomic E-state index is -0.282. The molecular weight excluding hydrogens is 378 g/mol. The van der Waals surface area contributed by atoms with Gasteiger partial charge in [-0.15, -0.1) is 0 Å². The summed E-state index contributed by atoms with van der Waals surface area (Å²) >= 11 is 3.57. The number of halogens is 1. The van der Waals surface area contributed by atoms with E-state index in [1.54, 1.807) is 7.11 Å². The Labute approximate surface area is 155 Å².